The smallest absolute Gasteiger partial charge is 0.224 e. The lowest BCUT2D eigenvalue weighted by molar-refractivity contribution is -0.117. The van der Waals surface area contributed by atoms with Gasteiger partial charge < -0.3 is 11.1 Å². The minimum atomic E-state index is 0.0533. The summed E-state index contributed by atoms with van der Waals surface area (Å²) in [5, 5.41) is 3.38. The van der Waals surface area contributed by atoms with Gasteiger partial charge in [-0.1, -0.05) is 30.2 Å². The van der Waals surface area contributed by atoms with Gasteiger partial charge in [0.1, 0.15) is 4.99 Å². The Morgan fingerprint density at radius 1 is 1.38 bits per heavy atom. The van der Waals surface area contributed by atoms with Crippen LogP contribution in [0.15, 0.2) is 18.2 Å². The molecule has 0 aliphatic heterocycles. The first-order valence-corrected chi connectivity index (χ1v) is 8.20. The third-order valence-corrected chi connectivity index (χ3v) is 5.41. The number of nitrogens with two attached hydrogens (primary N) is 1. The normalized spacial score (nSPS) is 26.8. The Balaban J connectivity index is 1.61. The van der Waals surface area contributed by atoms with Gasteiger partial charge in [0.05, 0.1) is 10.7 Å². The summed E-state index contributed by atoms with van der Waals surface area (Å²) < 4.78 is 0. The molecule has 0 aromatic heterocycles. The SMILES string of the molecule is NC(=S)c1ccc(NC(=O)CC2CC3CCC2C3)c(Cl)c1. The minimum absolute atomic E-state index is 0.0533. The molecule has 0 radical (unpaired) electrons. The fraction of sp³-hybridized carbons (Fsp3) is 0.500. The van der Waals surface area contributed by atoms with Crippen LogP contribution < -0.4 is 11.1 Å². The second-order valence-electron chi connectivity index (χ2n) is 6.25. The second kappa shape index (κ2) is 5.93. The molecule has 5 heteroatoms. The van der Waals surface area contributed by atoms with Crippen LogP contribution in [0.1, 0.15) is 37.7 Å². The van der Waals surface area contributed by atoms with Crippen molar-refractivity contribution in [2.24, 2.45) is 23.5 Å². The molecule has 3 N–H and O–H groups in total. The van der Waals surface area contributed by atoms with Crippen LogP contribution in [0.3, 0.4) is 0 Å². The van der Waals surface area contributed by atoms with Gasteiger partial charge >= 0.3 is 0 Å². The number of rotatable bonds is 4. The highest BCUT2D eigenvalue weighted by Gasteiger charge is 2.40. The molecule has 2 fully saturated rings. The summed E-state index contributed by atoms with van der Waals surface area (Å²) in [6.07, 6.45) is 5.79. The van der Waals surface area contributed by atoms with Crippen molar-refractivity contribution in [3.05, 3.63) is 28.8 Å². The first-order valence-electron chi connectivity index (χ1n) is 7.42. The van der Waals surface area contributed by atoms with E-state index >= 15 is 0 Å². The van der Waals surface area contributed by atoms with Gasteiger partial charge in [0.2, 0.25) is 5.91 Å². The third kappa shape index (κ3) is 3.22. The number of nitrogens with one attached hydrogen (secondary N) is 1. The number of benzene rings is 1. The quantitative estimate of drug-likeness (QED) is 0.830. The Morgan fingerprint density at radius 2 is 2.19 bits per heavy atom. The lowest BCUT2D eigenvalue weighted by Gasteiger charge is -2.21. The van der Waals surface area contributed by atoms with E-state index in [4.69, 9.17) is 29.6 Å². The summed E-state index contributed by atoms with van der Waals surface area (Å²) in [6, 6.07) is 5.23. The van der Waals surface area contributed by atoms with Crippen LogP contribution in [-0.4, -0.2) is 10.9 Å². The molecule has 2 aliphatic rings. The molecule has 2 aliphatic carbocycles. The molecule has 0 saturated heterocycles. The summed E-state index contributed by atoms with van der Waals surface area (Å²) in [4.78, 5) is 12.5. The Labute approximate surface area is 135 Å². The average Bonchev–Trinajstić information content (AvgIpc) is 3.03. The fourth-order valence-corrected chi connectivity index (χ4v) is 4.19. The van der Waals surface area contributed by atoms with Gasteiger partial charge in [0.15, 0.2) is 0 Å². The van der Waals surface area contributed by atoms with E-state index < -0.39 is 0 Å². The third-order valence-electron chi connectivity index (χ3n) is 4.86. The number of hydrogen-bond acceptors (Lipinski definition) is 2. The first-order chi connectivity index (χ1) is 10.0. The number of carbonyl (C=O) groups is 1. The van der Waals surface area contributed by atoms with Gasteiger partial charge in [0.25, 0.3) is 0 Å². The van der Waals surface area contributed by atoms with Crippen LogP contribution in [0.25, 0.3) is 0 Å². The van der Waals surface area contributed by atoms with Crippen molar-refractivity contribution in [2.45, 2.75) is 32.1 Å². The van der Waals surface area contributed by atoms with Gasteiger partial charge in [-0.2, -0.15) is 0 Å². The molecule has 1 amide bonds. The molecule has 0 spiro atoms. The Kier molecular flexibility index (Phi) is 4.18. The van der Waals surface area contributed by atoms with Crippen molar-refractivity contribution >= 4 is 40.4 Å². The molecule has 2 saturated carbocycles. The highest BCUT2D eigenvalue weighted by Crippen LogP contribution is 2.49. The summed E-state index contributed by atoms with van der Waals surface area (Å²) >= 11 is 11.1. The van der Waals surface area contributed by atoms with Crippen LogP contribution >= 0.6 is 23.8 Å². The van der Waals surface area contributed by atoms with Gasteiger partial charge in [0, 0.05) is 12.0 Å². The van der Waals surface area contributed by atoms with E-state index in [2.05, 4.69) is 5.32 Å². The highest BCUT2D eigenvalue weighted by molar-refractivity contribution is 7.80. The van der Waals surface area contributed by atoms with Crippen molar-refractivity contribution in [1.29, 1.82) is 0 Å². The molecule has 0 heterocycles. The van der Waals surface area contributed by atoms with Crippen molar-refractivity contribution in [2.75, 3.05) is 5.32 Å². The topological polar surface area (TPSA) is 55.1 Å². The zero-order chi connectivity index (χ0) is 15.0. The minimum Gasteiger partial charge on any atom is -0.389 e. The maximum Gasteiger partial charge on any atom is 0.224 e. The second-order valence-corrected chi connectivity index (χ2v) is 7.09. The van der Waals surface area contributed by atoms with Gasteiger partial charge in [-0.25, -0.2) is 0 Å². The van der Waals surface area contributed by atoms with Gasteiger partial charge in [-0.15, -0.1) is 0 Å². The molecular weight excluding hydrogens is 304 g/mol. The molecule has 1 aromatic carbocycles. The first kappa shape index (κ1) is 14.8. The summed E-state index contributed by atoms with van der Waals surface area (Å²) in [5.41, 5.74) is 6.90. The largest absolute Gasteiger partial charge is 0.389 e. The number of thiocarbonyl (C=S) groups is 1. The summed E-state index contributed by atoms with van der Waals surface area (Å²) in [6.45, 7) is 0. The molecule has 21 heavy (non-hydrogen) atoms. The van der Waals surface area contributed by atoms with E-state index in [1.165, 1.54) is 25.7 Å². The average molecular weight is 323 g/mol. The number of carbonyl (C=O) groups excluding carboxylic acids is 1. The maximum absolute atomic E-state index is 12.2. The van der Waals surface area contributed by atoms with Crippen LogP contribution in [0.4, 0.5) is 5.69 Å². The van der Waals surface area contributed by atoms with E-state index in [1.54, 1.807) is 18.2 Å². The molecular formula is C16H19ClN2OS. The predicted molar refractivity (Wildman–Crippen MR) is 89.5 cm³/mol. The number of hydrogen-bond donors (Lipinski definition) is 2. The van der Waals surface area contributed by atoms with Crippen molar-refractivity contribution in [1.82, 2.24) is 0 Å². The molecule has 3 rings (SSSR count). The standard InChI is InChI=1S/C16H19ClN2OS/c17-13-7-11(16(18)21)3-4-14(13)19-15(20)8-12-6-9-1-2-10(12)5-9/h3-4,7,9-10,12H,1-2,5-6,8H2,(H2,18,21)(H,19,20). The molecule has 1 aromatic rings. The molecule has 2 bridgehead atoms. The fourth-order valence-electron chi connectivity index (χ4n) is 3.84. The number of fused-ring (bicyclic) bond motifs is 2. The van der Waals surface area contributed by atoms with E-state index in [1.807, 2.05) is 0 Å². The zero-order valence-electron chi connectivity index (χ0n) is 11.8. The number of amides is 1. The van der Waals surface area contributed by atoms with Gasteiger partial charge in [-0.3, -0.25) is 4.79 Å². The van der Waals surface area contributed by atoms with E-state index in [0.29, 0.717) is 33.6 Å². The van der Waals surface area contributed by atoms with Crippen molar-refractivity contribution in [3.8, 4) is 0 Å². The van der Waals surface area contributed by atoms with Crippen LogP contribution in [0.5, 0.6) is 0 Å². The van der Waals surface area contributed by atoms with Crippen molar-refractivity contribution in [3.63, 3.8) is 0 Å². The summed E-state index contributed by atoms with van der Waals surface area (Å²) in [7, 11) is 0. The van der Waals surface area contributed by atoms with E-state index in [9.17, 15) is 4.79 Å². The van der Waals surface area contributed by atoms with E-state index in [0.717, 1.165) is 11.8 Å². The number of anilines is 1. The summed E-state index contributed by atoms with van der Waals surface area (Å²) in [5.74, 6) is 2.23. The Hall–Kier alpha value is -1.13. The molecule has 3 unspecified atom stereocenters. The predicted octanol–water partition coefficient (Wildman–Crippen LogP) is 3.74. The van der Waals surface area contributed by atoms with Crippen LogP contribution in [-0.2, 0) is 4.79 Å². The Morgan fingerprint density at radius 3 is 2.76 bits per heavy atom. The molecule has 112 valence electrons. The van der Waals surface area contributed by atoms with Gasteiger partial charge in [-0.05, 0) is 55.2 Å². The lowest BCUT2D eigenvalue weighted by Crippen LogP contribution is -2.20. The van der Waals surface area contributed by atoms with Crippen LogP contribution in [0.2, 0.25) is 5.02 Å². The van der Waals surface area contributed by atoms with Crippen molar-refractivity contribution < 1.29 is 4.79 Å². The Bertz CT molecular complexity index is 590. The highest BCUT2D eigenvalue weighted by atomic mass is 35.5. The lowest BCUT2D eigenvalue weighted by atomic mass is 9.86. The molecule has 3 atom stereocenters. The van der Waals surface area contributed by atoms with Crippen LogP contribution in [0, 0.1) is 17.8 Å². The monoisotopic (exact) mass is 322 g/mol. The molecule has 3 nitrogen and oxygen atoms in total. The zero-order valence-corrected chi connectivity index (χ0v) is 13.3. The van der Waals surface area contributed by atoms with E-state index in [-0.39, 0.29) is 5.91 Å². The number of halogens is 1. The maximum atomic E-state index is 12.2.